The first-order valence-electron chi connectivity index (χ1n) is 7.25. The van der Waals surface area contributed by atoms with Gasteiger partial charge in [0.25, 0.3) is 11.6 Å². The highest BCUT2D eigenvalue weighted by Gasteiger charge is 2.26. The molecule has 1 aliphatic carbocycles. The summed E-state index contributed by atoms with van der Waals surface area (Å²) in [5, 5.41) is 11.6. The van der Waals surface area contributed by atoms with E-state index in [0.29, 0.717) is 17.4 Å². The summed E-state index contributed by atoms with van der Waals surface area (Å²) in [5.41, 5.74) is 0.360. The minimum atomic E-state index is -0.466. The summed E-state index contributed by atoms with van der Waals surface area (Å²) in [5.74, 6) is -0.106. The second kappa shape index (κ2) is 7.54. The van der Waals surface area contributed by atoms with Crippen LogP contribution in [0.15, 0.2) is 24.3 Å². The number of nitro groups is 1. The molecule has 0 unspecified atom stereocenters. The number of hydrogen-bond acceptors (Lipinski definition) is 3. The number of nitro benzene ring substituents is 1. The first kappa shape index (κ1) is 15.9. The van der Waals surface area contributed by atoms with Gasteiger partial charge >= 0.3 is 0 Å². The number of carbonyl (C=O) groups is 1. The van der Waals surface area contributed by atoms with Crippen LogP contribution in [0.2, 0.25) is 0 Å². The van der Waals surface area contributed by atoms with Crippen molar-refractivity contribution in [3.05, 3.63) is 39.9 Å². The Hall–Kier alpha value is -1.43. The number of non-ortho nitro benzene ring substituents is 1. The van der Waals surface area contributed by atoms with Gasteiger partial charge in [0.05, 0.1) is 4.92 Å². The number of alkyl halides is 1. The molecule has 0 atom stereocenters. The van der Waals surface area contributed by atoms with Crippen LogP contribution in [0.25, 0.3) is 0 Å². The quantitative estimate of drug-likeness (QED) is 0.459. The standard InChI is InChI=1S/C15H19BrN2O3/c16-9-10-17(13-6-2-1-3-7-13)15(19)12-5-4-8-14(11-12)18(20)21/h4-5,8,11,13H,1-3,6-7,9-10H2. The second-order valence-electron chi connectivity index (χ2n) is 5.29. The van der Waals surface area contributed by atoms with E-state index in [0.717, 1.165) is 25.7 Å². The van der Waals surface area contributed by atoms with Crippen LogP contribution in [-0.4, -0.2) is 33.6 Å². The van der Waals surface area contributed by atoms with Gasteiger partial charge in [-0.3, -0.25) is 14.9 Å². The van der Waals surface area contributed by atoms with Gasteiger partial charge < -0.3 is 4.90 Å². The summed E-state index contributed by atoms with van der Waals surface area (Å²) in [6.45, 7) is 0.631. The maximum absolute atomic E-state index is 12.7. The highest BCUT2D eigenvalue weighted by Crippen LogP contribution is 2.25. The molecule has 0 N–H and O–H groups in total. The van der Waals surface area contributed by atoms with Crippen molar-refractivity contribution < 1.29 is 9.72 Å². The van der Waals surface area contributed by atoms with E-state index in [1.165, 1.54) is 18.6 Å². The number of hydrogen-bond donors (Lipinski definition) is 0. The Kier molecular flexibility index (Phi) is 5.73. The summed E-state index contributed by atoms with van der Waals surface area (Å²) in [4.78, 5) is 24.9. The zero-order chi connectivity index (χ0) is 15.2. The molecular weight excluding hydrogens is 336 g/mol. The Balaban J connectivity index is 2.20. The molecule has 0 spiro atoms. The molecule has 1 amide bonds. The number of carbonyl (C=O) groups excluding carboxylic acids is 1. The van der Waals surface area contributed by atoms with Gasteiger partial charge in [0.2, 0.25) is 0 Å². The fourth-order valence-electron chi connectivity index (χ4n) is 2.85. The largest absolute Gasteiger partial charge is 0.335 e. The first-order valence-corrected chi connectivity index (χ1v) is 8.37. The molecule has 21 heavy (non-hydrogen) atoms. The van der Waals surface area contributed by atoms with E-state index in [1.807, 2.05) is 4.90 Å². The maximum Gasteiger partial charge on any atom is 0.270 e. The van der Waals surface area contributed by atoms with Crippen molar-refractivity contribution in [3.8, 4) is 0 Å². The van der Waals surface area contributed by atoms with E-state index >= 15 is 0 Å². The molecule has 0 saturated heterocycles. The molecule has 5 nitrogen and oxygen atoms in total. The van der Waals surface area contributed by atoms with Crippen molar-refractivity contribution >= 4 is 27.5 Å². The van der Waals surface area contributed by atoms with E-state index in [2.05, 4.69) is 15.9 Å². The van der Waals surface area contributed by atoms with Crippen LogP contribution in [-0.2, 0) is 0 Å². The molecule has 1 saturated carbocycles. The average molecular weight is 355 g/mol. The van der Waals surface area contributed by atoms with E-state index < -0.39 is 4.92 Å². The first-order chi connectivity index (χ1) is 10.1. The van der Waals surface area contributed by atoms with Crippen LogP contribution >= 0.6 is 15.9 Å². The fourth-order valence-corrected chi connectivity index (χ4v) is 3.23. The Morgan fingerprint density at radius 3 is 2.67 bits per heavy atom. The van der Waals surface area contributed by atoms with Gasteiger partial charge in [-0.25, -0.2) is 0 Å². The topological polar surface area (TPSA) is 63.4 Å². The summed E-state index contributed by atoms with van der Waals surface area (Å²) < 4.78 is 0. The summed E-state index contributed by atoms with van der Waals surface area (Å²) >= 11 is 3.39. The molecule has 0 heterocycles. The molecule has 1 aliphatic rings. The molecule has 0 aliphatic heterocycles. The molecule has 1 aromatic rings. The third kappa shape index (κ3) is 4.03. The van der Waals surface area contributed by atoms with Crippen molar-refractivity contribution in [3.63, 3.8) is 0 Å². The van der Waals surface area contributed by atoms with Crippen molar-refractivity contribution in [2.24, 2.45) is 0 Å². The smallest absolute Gasteiger partial charge is 0.270 e. The monoisotopic (exact) mass is 354 g/mol. The molecular formula is C15H19BrN2O3. The van der Waals surface area contributed by atoms with E-state index in [1.54, 1.807) is 12.1 Å². The van der Waals surface area contributed by atoms with Gasteiger partial charge in [0.15, 0.2) is 0 Å². The van der Waals surface area contributed by atoms with Gasteiger partial charge in [-0.1, -0.05) is 41.3 Å². The Morgan fingerprint density at radius 2 is 2.05 bits per heavy atom. The average Bonchev–Trinajstić information content (AvgIpc) is 2.53. The molecule has 0 aromatic heterocycles. The highest BCUT2D eigenvalue weighted by atomic mass is 79.9. The van der Waals surface area contributed by atoms with E-state index in [9.17, 15) is 14.9 Å². The lowest BCUT2D eigenvalue weighted by Crippen LogP contribution is -2.42. The molecule has 2 rings (SSSR count). The predicted molar refractivity (Wildman–Crippen MR) is 84.8 cm³/mol. The fraction of sp³-hybridized carbons (Fsp3) is 0.533. The molecule has 6 heteroatoms. The number of nitrogens with zero attached hydrogens (tertiary/aromatic N) is 2. The molecule has 114 valence electrons. The summed E-state index contributed by atoms with van der Waals surface area (Å²) in [7, 11) is 0. The zero-order valence-electron chi connectivity index (χ0n) is 11.8. The van der Waals surface area contributed by atoms with Crippen LogP contribution in [0.5, 0.6) is 0 Å². The molecule has 1 aromatic carbocycles. The molecule has 0 bridgehead atoms. The van der Waals surface area contributed by atoms with E-state index in [4.69, 9.17) is 0 Å². The summed E-state index contributed by atoms with van der Waals surface area (Å²) in [6.07, 6.45) is 5.56. The Labute approximate surface area is 132 Å². The van der Waals surface area contributed by atoms with Crippen LogP contribution in [0, 0.1) is 10.1 Å². The predicted octanol–water partition coefficient (Wildman–Crippen LogP) is 3.76. The van der Waals surface area contributed by atoms with Gasteiger partial charge in [0.1, 0.15) is 0 Å². The van der Waals surface area contributed by atoms with Crippen molar-refractivity contribution in [2.45, 2.75) is 38.1 Å². The SMILES string of the molecule is O=C(c1cccc([N+](=O)[O-])c1)N(CCBr)C1CCCCC1. The Morgan fingerprint density at radius 1 is 1.33 bits per heavy atom. The number of halogens is 1. The number of benzene rings is 1. The third-order valence-corrected chi connectivity index (χ3v) is 4.26. The number of amides is 1. The van der Waals surface area contributed by atoms with Crippen LogP contribution in [0.4, 0.5) is 5.69 Å². The minimum absolute atomic E-state index is 0.0386. The molecule has 0 radical (unpaired) electrons. The lowest BCUT2D eigenvalue weighted by Gasteiger charge is -2.34. The lowest BCUT2D eigenvalue weighted by atomic mass is 9.93. The molecule has 1 fully saturated rings. The summed E-state index contributed by atoms with van der Waals surface area (Å²) in [6, 6.07) is 6.25. The lowest BCUT2D eigenvalue weighted by molar-refractivity contribution is -0.384. The van der Waals surface area contributed by atoms with Crippen molar-refractivity contribution in [1.82, 2.24) is 4.90 Å². The van der Waals surface area contributed by atoms with Crippen molar-refractivity contribution in [2.75, 3.05) is 11.9 Å². The second-order valence-corrected chi connectivity index (χ2v) is 6.08. The highest BCUT2D eigenvalue weighted by molar-refractivity contribution is 9.09. The third-order valence-electron chi connectivity index (χ3n) is 3.91. The zero-order valence-corrected chi connectivity index (χ0v) is 13.4. The van der Waals surface area contributed by atoms with Crippen LogP contribution in [0.1, 0.15) is 42.5 Å². The van der Waals surface area contributed by atoms with Gasteiger partial charge in [-0.15, -0.1) is 0 Å². The normalized spacial score (nSPS) is 15.7. The van der Waals surface area contributed by atoms with Gasteiger partial charge in [0, 0.05) is 35.6 Å². The minimum Gasteiger partial charge on any atom is -0.335 e. The number of rotatable bonds is 5. The van der Waals surface area contributed by atoms with Crippen LogP contribution in [0.3, 0.4) is 0 Å². The maximum atomic E-state index is 12.7. The Bertz CT molecular complexity index is 515. The van der Waals surface area contributed by atoms with Crippen molar-refractivity contribution in [1.29, 1.82) is 0 Å². The van der Waals surface area contributed by atoms with Gasteiger partial charge in [-0.05, 0) is 18.9 Å². The van der Waals surface area contributed by atoms with Crippen LogP contribution < -0.4 is 0 Å². The van der Waals surface area contributed by atoms with E-state index in [-0.39, 0.29) is 17.6 Å². The van der Waals surface area contributed by atoms with Gasteiger partial charge in [-0.2, -0.15) is 0 Å².